The minimum Gasteiger partial charge on any atom is -0.393 e. The van der Waals surface area contributed by atoms with Crippen molar-refractivity contribution >= 4 is 17.3 Å². The van der Waals surface area contributed by atoms with Crippen LogP contribution in [0.1, 0.15) is 62.9 Å². The Bertz CT molecular complexity index is 1070. The molecular weight excluding hydrogens is 453 g/mol. The first-order valence-electron chi connectivity index (χ1n) is 12.5. The molecule has 3 rings (SSSR count). The number of ketones is 1. The molecule has 0 saturated heterocycles. The lowest BCUT2D eigenvalue weighted by molar-refractivity contribution is -0.116. The molecule has 1 aliphatic rings. The highest BCUT2D eigenvalue weighted by Crippen LogP contribution is 2.33. The van der Waals surface area contributed by atoms with Gasteiger partial charge in [-0.2, -0.15) is 0 Å². The number of rotatable bonds is 8. The van der Waals surface area contributed by atoms with Gasteiger partial charge in [-0.25, -0.2) is 4.39 Å². The molecule has 5 nitrogen and oxygen atoms in total. The quantitative estimate of drug-likeness (QED) is 0.248. The molecule has 6 heteroatoms. The molecule has 1 aromatic heterocycles. The van der Waals surface area contributed by atoms with Crippen molar-refractivity contribution in [1.82, 2.24) is 15.6 Å². The lowest BCUT2D eigenvalue weighted by Crippen LogP contribution is -2.28. The van der Waals surface area contributed by atoms with E-state index in [9.17, 15) is 14.0 Å². The van der Waals surface area contributed by atoms with Crippen LogP contribution in [0.2, 0.25) is 0 Å². The third-order valence-electron chi connectivity index (χ3n) is 5.04. The van der Waals surface area contributed by atoms with Gasteiger partial charge in [-0.3, -0.25) is 14.6 Å². The Hall–Kier alpha value is -3.80. The Kier molecular flexibility index (Phi) is 14.8. The lowest BCUT2D eigenvalue weighted by atomic mass is 9.90. The van der Waals surface area contributed by atoms with E-state index in [0.717, 1.165) is 16.7 Å². The minimum absolute atomic E-state index is 0.111. The van der Waals surface area contributed by atoms with Gasteiger partial charge in [0.2, 0.25) is 5.91 Å². The predicted molar refractivity (Wildman–Crippen MR) is 147 cm³/mol. The molecular formula is C30H38FN3O2. The molecule has 0 unspecified atom stereocenters. The summed E-state index contributed by atoms with van der Waals surface area (Å²) in [5, 5.41) is 5.71. The second-order valence-corrected chi connectivity index (χ2v) is 7.31. The molecule has 1 aromatic carbocycles. The van der Waals surface area contributed by atoms with Gasteiger partial charge < -0.3 is 10.6 Å². The molecule has 0 spiro atoms. The molecule has 2 aromatic rings. The van der Waals surface area contributed by atoms with Crippen LogP contribution in [0.15, 0.2) is 96.3 Å². The summed E-state index contributed by atoms with van der Waals surface area (Å²) < 4.78 is 13.8. The molecule has 1 heterocycles. The van der Waals surface area contributed by atoms with Crippen LogP contribution in [0, 0.1) is 0 Å². The molecule has 0 atom stereocenters. The summed E-state index contributed by atoms with van der Waals surface area (Å²) in [5.41, 5.74) is 3.70. The van der Waals surface area contributed by atoms with Crippen LogP contribution >= 0.6 is 0 Å². The minimum atomic E-state index is -0.394. The highest BCUT2D eigenvalue weighted by molar-refractivity contribution is 6.02. The summed E-state index contributed by atoms with van der Waals surface area (Å²) in [5.74, 6) is -0.747. The molecule has 0 aliphatic heterocycles. The first kappa shape index (κ1) is 30.2. The standard InChI is InChI=1S/C26H26FN3O2.2C2H6/c1-28-17-24(20-12-14-29-15-13-20)23(19-8-5-9-22(27)11-10-19)16-26(32)30-18-25(31)21-6-3-2-4-7-21;2*1-2/h2-4,6-7,10-17,28H,5,8-9,18H2,1H3,(H,30,32);2*1-2H3/b23-16+,24-17-;;. The van der Waals surface area contributed by atoms with Crippen molar-refractivity contribution in [1.29, 1.82) is 0 Å². The van der Waals surface area contributed by atoms with Crippen molar-refractivity contribution in [2.45, 2.75) is 47.0 Å². The van der Waals surface area contributed by atoms with E-state index in [1.165, 1.54) is 12.2 Å². The third kappa shape index (κ3) is 9.82. The van der Waals surface area contributed by atoms with Gasteiger partial charge in [-0.15, -0.1) is 0 Å². The number of pyridine rings is 1. The third-order valence-corrected chi connectivity index (χ3v) is 5.04. The van der Waals surface area contributed by atoms with E-state index < -0.39 is 5.91 Å². The molecule has 192 valence electrons. The number of amides is 1. The van der Waals surface area contributed by atoms with Gasteiger partial charge in [0.05, 0.1) is 12.4 Å². The number of hydrogen-bond donors (Lipinski definition) is 2. The zero-order valence-corrected chi connectivity index (χ0v) is 22.0. The molecule has 36 heavy (non-hydrogen) atoms. The second kappa shape index (κ2) is 17.6. The van der Waals surface area contributed by atoms with Crippen LogP contribution in [-0.2, 0) is 4.79 Å². The largest absolute Gasteiger partial charge is 0.393 e. The number of carbonyl (C=O) groups excluding carboxylic acids is 2. The topological polar surface area (TPSA) is 71.1 Å². The molecule has 0 bridgehead atoms. The zero-order chi connectivity index (χ0) is 26.8. The monoisotopic (exact) mass is 491 g/mol. The summed E-state index contributed by atoms with van der Waals surface area (Å²) in [6.45, 7) is 7.89. The average Bonchev–Trinajstić information content (AvgIpc) is 3.16. The first-order valence-corrected chi connectivity index (χ1v) is 12.5. The van der Waals surface area contributed by atoms with Gasteiger partial charge >= 0.3 is 0 Å². The van der Waals surface area contributed by atoms with E-state index >= 15 is 0 Å². The molecule has 1 amide bonds. The second-order valence-electron chi connectivity index (χ2n) is 7.31. The number of allylic oxidation sites excluding steroid dienone is 6. The fourth-order valence-corrected chi connectivity index (χ4v) is 3.44. The zero-order valence-electron chi connectivity index (χ0n) is 22.0. The summed E-state index contributed by atoms with van der Waals surface area (Å²) in [7, 11) is 1.78. The predicted octanol–water partition coefficient (Wildman–Crippen LogP) is 6.58. The van der Waals surface area contributed by atoms with E-state index in [1.54, 1.807) is 56.0 Å². The van der Waals surface area contributed by atoms with E-state index in [1.807, 2.05) is 45.9 Å². The van der Waals surface area contributed by atoms with Gasteiger partial charge in [-0.1, -0.05) is 64.1 Å². The highest BCUT2D eigenvalue weighted by atomic mass is 19.1. The van der Waals surface area contributed by atoms with Crippen molar-refractivity contribution in [2.75, 3.05) is 13.6 Å². The fourth-order valence-electron chi connectivity index (χ4n) is 3.44. The summed E-state index contributed by atoms with van der Waals surface area (Å²) >= 11 is 0. The number of Topliss-reactive ketones (excluding diaryl/α,β-unsaturated/α-hetero) is 1. The Morgan fingerprint density at radius 3 is 2.22 bits per heavy atom. The van der Waals surface area contributed by atoms with Crippen LogP contribution in [0.25, 0.3) is 5.57 Å². The Labute approximate surface area is 214 Å². The molecule has 0 fully saturated rings. The van der Waals surface area contributed by atoms with Gasteiger partial charge in [-0.05, 0) is 54.2 Å². The van der Waals surface area contributed by atoms with Gasteiger partial charge in [0.25, 0.3) is 0 Å². The van der Waals surface area contributed by atoms with Crippen molar-refractivity contribution in [3.8, 4) is 0 Å². The normalized spacial score (nSPS) is 13.4. The number of hydrogen-bond acceptors (Lipinski definition) is 4. The van der Waals surface area contributed by atoms with Crippen molar-refractivity contribution in [3.05, 3.63) is 107 Å². The fraction of sp³-hybridized carbons (Fsp3) is 0.300. The summed E-state index contributed by atoms with van der Waals surface area (Å²) in [6, 6.07) is 12.5. The van der Waals surface area contributed by atoms with E-state index in [2.05, 4.69) is 15.6 Å². The molecule has 2 N–H and O–H groups in total. The summed E-state index contributed by atoms with van der Waals surface area (Å²) in [4.78, 5) is 29.2. The molecule has 0 radical (unpaired) electrons. The maximum atomic E-state index is 13.8. The van der Waals surface area contributed by atoms with Crippen LogP contribution < -0.4 is 10.6 Å². The van der Waals surface area contributed by atoms with Crippen LogP contribution in [-0.4, -0.2) is 30.3 Å². The Morgan fingerprint density at radius 2 is 1.58 bits per heavy atom. The summed E-state index contributed by atoms with van der Waals surface area (Å²) in [6.07, 6.45) is 11.4. The number of nitrogens with one attached hydrogen (secondary N) is 2. The van der Waals surface area contributed by atoms with E-state index in [0.29, 0.717) is 30.4 Å². The Balaban J connectivity index is 0.00000154. The smallest absolute Gasteiger partial charge is 0.244 e. The maximum Gasteiger partial charge on any atom is 0.244 e. The SMILES string of the molecule is CC.CC.CN/C=C(\C(=C\C(=O)NCC(=O)c1ccccc1)C1=CC=C(F)CCC1)c1ccncc1. The van der Waals surface area contributed by atoms with Crippen molar-refractivity contribution in [2.24, 2.45) is 0 Å². The number of halogens is 1. The highest BCUT2D eigenvalue weighted by Gasteiger charge is 2.17. The van der Waals surface area contributed by atoms with Crippen molar-refractivity contribution in [3.63, 3.8) is 0 Å². The van der Waals surface area contributed by atoms with Gasteiger partial charge in [0, 0.05) is 42.9 Å². The van der Waals surface area contributed by atoms with E-state index in [4.69, 9.17) is 0 Å². The number of carbonyl (C=O) groups is 2. The van der Waals surface area contributed by atoms with Gasteiger partial charge in [0.1, 0.15) is 0 Å². The van der Waals surface area contributed by atoms with Crippen LogP contribution in [0.5, 0.6) is 0 Å². The number of aromatic nitrogens is 1. The number of nitrogens with zero attached hydrogens (tertiary/aromatic N) is 1. The first-order chi connectivity index (χ1) is 17.6. The van der Waals surface area contributed by atoms with Crippen LogP contribution in [0.4, 0.5) is 4.39 Å². The molecule has 0 saturated carbocycles. The van der Waals surface area contributed by atoms with E-state index in [-0.39, 0.29) is 18.2 Å². The van der Waals surface area contributed by atoms with Crippen LogP contribution in [0.3, 0.4) is 0 Å². The van der Waals surface area contributed by atoms with Gasteiger partial charge in [0.15, 0.2) is 5.78 Å². The van der Waals surface area contributed by atoms with Crippen molar-refractivity contribution < 1.29 is 14.0 Å². The number of benzene rings is 1. The maximum absolute atomic E-state index is 13.8. The molecule has 1 aliphatic carbocycles. The Morgan fingerprint density at radius 1 is 0.917 bits per heavy atom. The lowest BCUT2D eigenvalue weighted by Gasteiger charge is -2.16. The average molecular weight is 492 g/mol.